The minimum atomic E-state index is -0.411. The van der Waals surface area contributed by atoms with E-state index < -0.39 is 5.97 Å². The molecule has 1 aliphatic heterocycles. The van der Waals surface area contributed by atoms with Gasteiger partial charge in [-0.25, -0.2) is 0 Å². The van der Waals surface area contributed by atoms with Crippen LogP contribution in [0.3, 0.4) is 0 Å². The van der Waals surface area contributed by atoms with E-state index in [-0.39, 0.29) is 41.6 Å². The lowest BCUT2D eigenvalue weighted by Crippen LogP contribution is -2.23. The number of benzene rings is 3. The van der Waals surface area contributed by atoms with Crippen LogP contribution in [0.1, 0.15) is 45.8 Å². The van der Waals surface area contributed by atoms with E-state index in [1.54, 1.807) is 13.2 Å². The molecule has 0 aromatic heterocycles. The monoisotopic (exact) mass is 402 g/mol. The highest BCUT2D eigenvalue weighted by Crippen LogP contribution is 2.43. The number of hydrogen-bond donors (Lipinski definition) is 1. The summed E-state index contributed by atoms with van der Waals surface area (Å²) in [6, 6.07) is 20.4. The first-order chi connectivity index (χ1) is 14.6. The van der Waals surface area contributed by atoms with Gasteiger partial charge in [0, 0.05) is 17.9 Å². The molecular formula is C25H22O5. The quantitative estimate of drug-likeness (QED) is 0.369. The third-order valence-corrected chi connectivity index (χ3v) is 5.41. The van der Waals surface area contributed by atoms with E-state index in [0.29, 0.717) is 6.42 Å². The Morgan fingerprint density at radius 3 is 2.50 bits per heavy atom. The van der Waals surface area contributed by atoms with Crippen molar-refractivity contribution in [2.45, 2.75) is 25.2 Å². The molecule has 0 saturated carbocycles. The number of aromatic hydroxyl groups is 1. The molecule has 0 bridgehead atoms. The van der Waals surface area contributed by atoms with Crippen LogP contribution in [-0.2, 0) is 11.2 Å². The zero-order valence-electron chi connectivity index (χ0n) is 16.6. The van der Waals surface area contributed by atoms with Crippen molar-refractivity contribution < 1.29 is 24.2 Å². The van der Waals surface area contributed by atoms with Gasteiger partial charge < -0.3 is 14.6 Å². The zero-order chi connectivity index (χ0) is 21.1. The Morgan fingerprint density at radius 1 is 1.07 bits per heavy atom. The summed E-state index contributed by atoms with van der Waals surface area (Å²) in [6.45, 7) is 0. The van der Waals surface area contributed by atoms with Crippen molar-refractivity contribution in [3.05, 3.63) is 89.0 Å². The highest BCUT2D eigenvalue weighted by Gasteiger charge is 2.33. The summed E-state index contributed by atoms with van der Waals surface area (Å²) >= 11 is 0. The number of fused-ring (bicyclic) bond motifs is 1. The molecule has 0 aliphatic carbocycles. The van der Waals surface area contributed by atoms with E-state index in [0.717, 1.165) is 22.4 Å². The van der Waals surface area contributed by atoms with Gasteiger partial charge in [-0.3, -0.25) is 9.59 Å². The minimum absolute atomic E-state index is 0.0787. The Morgan fingerprint density at radius 2 is 1.80 bits per heavy atom. The molecule has 30 heavy (non-hydrogen) atoms. The van der Waals surface area contributed by atoms with Crippen molar-refractivity contribution >= 4 is 11.8 Å². The van der Waals surface area contributed by atoms with Gasteiger partial charge in [-0.2, -0.15) is 0 Å². The fourth-order valence-electron chi connectivity index (χ4n) is 3.83. The Hall–Kier alpha value is -3.60. The number of ketones is 1. The van der Waals surface area contributed by atoms with E-state index in [2.05, 4.69) is 0 Å². The molecule has 0 radical (unpaired) electrons. The number of aryl methyl sites for hydroxylation is 1. The molecule has 5 nitrogen and oxygen atoms in total. The minimum Gasteiger partial charge on any atom is -0.507 e. The number of ether oxygens (including phenoxy) is 2. The molecule has 0 spiro atoms. The zero-order valence-corrected chi connectivity index (χ0v) is 16.6. The fraction of sp³-hybridized carbons (Fsp3) is 0.200. The molecule has 0 saturated heterocycles. The largest absolute Gasteiger partial charge is 0.507 e. The molecule has 1 N–H and O–H groups in total. The summed E-state index contributed by atoms with van der Waals surface area (Å²) in [5.74, 6) is -0.127. The number of Topliss-reactive ketones (excluding diaryl/α,β-unsaturated/α-hetero) is 1. The molecule has 1 aliphatic rings. The SMILES string of the molecule is COc1ccc(CCC(=O)c2c(O)ccc3c2OC(=O)CC3c2ccccc2)cc1. The number of esters is 1. The van der Waals surface area contributed by atoms with Crippen LogP contribution in [-0.4, -0.2) is 24.0 Å². The fourth-order valence-corrected chi connectivity index (χ4v) is 3.83. The maximum Gasteiger partial charge on any atom is 0.312 e. The van der Waals surface area contributed by atoms with Crippen LogP contribution >= 0.6 is 0 Å². The van der Waals surface area contributed by atoms with E-state index >= 15 is 0 Å². The molecule has 1 atom stereocenters. The molecule has 0 amide bonds. The molecule has 3 aromatic carbocycles. The number of methoxy groups -OCH3 is 1. The van der Waals surface area contributed by atoms with E-state index in [1.807, 2.05) is 54.6 Å². The van der Waals surface area contributed by atoms with Gasteiger partial charge in [0.05, 0.1) is 13.5 Å². The Balaban J connectivity index is 1.63. The van der Waals surface area contributed by atoms with Crippen LogP contribution in [0.2, 0.25) is 0 Å². The third kappa shape index (κ3) is 3.92. The summed E-state index contributed by atoms with van der Waals surface area (Å²) in [6.07, 6.45) is 0.882. The van der Waals surface area contributed by atoms with Crippen molar-refractivity contribution in [2.75, 3.05) is 7.11 Å². The lowest BCUT2D eigenvalue weighted by molar-refractivity contribution is -0.135. The second-order valence-corrected chi connectivity index (χ2v) is 7.29. The van der Waals surface area contributed by atoms with Crippen LogP contribution in [0.25, 0.3) is 0 Å². The number of carbonyl (C=O) groups excluding carboxylic acids is 2. The summed E-state index contributed by atoms with van der Waals surface area (Å²) in [5, 5.41) is 10.4. The van der Waals surface area contributed by atoms with Gasteiger partial charge in [-0.15, -0.1) is 0 Å². The van der Waals surface area contributed by atoms with Gasteiger partial charge in [0.1, 0.15) is 22.8 Å². The van der Waals surface area contributed by atoms with Gasteiger partial charge in [0.15, 0.2) is 5.78 Å². The standard InChI is InChI=1S/C25H22O5/c1-29-18-10-7-16(8-11-18)9-13-21(26)24-22(27)14-12-19-20(15-23(28)30-25(19)24)17-5-3-2-4-6-17/h2-8,10-12,14,20,27H,9,13,15H2,1H3. The molecule has 3 aromatic rings. The van der Waals surface area contributed by atoms with E-state index in [4.69, 9.17) is 9.47 Å². The highest BCUT2D eigenvalue weighted by molar-refractivity contribution is 6.03. The summed E-state index contributed by atoms with van der Waals surface area (Å²) in [7, 11) is 1.60. The molecule has 152 valence electrons. The van der Waals surface area contributed by atoms with Crippen LogP contribution in [0.15, 0.2) is 66.7 Å². The van der Waals surface area contributed by atoms with Crippen molar-refractivity contribution in [2.24, 2.45) is 0 Å². The van der Waals surface area contributed by atoms with Crippen LogP contribution in [0.5, 0.6) is 17.2 Å². The first kappa shape index (κ1) is 19.7. The third-order valence-electron chi connectivity index (χ3n) is 5.41. The first-order valence-corrected chi connectivity index (χ1v) is 9.84. The van der Waals surface area contributed by atoms with Gasteiger partial charge >= 0.3 is 5.97 Å². The van der Waals surface area contributed by atoms with Gasteiger partial charge in [0.25, 0.3) is 0 Å². The maximum absolute atomic E-state index is 13.0. The Bertz CT molecular complexity index is 1070. The molecule has 0 fully saturated rings. The van der Waals surface area contributed by atoms with E-state index in [9.17, 15) is 14.7 Å². The number of carbonyl (C=O) groups is 2. The maximum atomic E-state index is 13.0. The predicted molar refractivity (Wildman–Crippen MR) is 112 cm³/mol. The molecular weight excluding hydrogens is 380 g/mol. The van der Waals surface area contributed by atoms with Crippen LogP contribution in [0.4, 0.5) is 0 Å². The predicted octanol–water partition coefficient (Wildman–Crippen LogP) is 4.66. The number of hydrogen-bond acceptors (Lipinski definition) is 5. The van der Waals surface area contributed by atoms with Crippen molar-refractivity contribution in [3.8, 4) is 17.2 Å². The first-order valence-electron chi connectivity index (χ1n) is 9.84. The second kappa shape index (κ2) is 8.41. The van der Waals surface area contributed by atoms with Gasteiger partial charge in [-0.1, -0.05) is 48.5 Å². The average Bonchev–Trinajstić information content (AvgIpc) is 2.77. The Labute approximate surface area is 174 Å². The molecule has 5 heteroatoms. The smallest absolute Gasteiger partial charge is 0.312 e. The number of phenols is 1. The topological polar surface area (TPSA) is 72.8 Å². The van der Waals surface area contributed by atoms with E-state index in [1.165, 1.54) is 6.07 Å². The van der Waals surface area contributed by atoms with Crippen molar-refractivity contribution in [3.63, 3.8) is 0 Å². The van der Waals surface area contributed by atoms with Crippen molar-refractivity contribution in [1.82, 2.24) is 0 Å². The normalized spacial score (nSPS) is 15.2. The molecule has 1 unspecified atom stereocenters. The number of phenolic OH excluding ortho intramolecular Hbond substituents is 1. The van der Waals surface area contributed by atoms with Gasteiger partial charge in [0.2, 0.25) is 0 Å². The van der Waals surface area contributed by atoms with Crippen molar-refractivity contribution in [1.29, 1.82) is 0 Å². The summed E-state index contributed by atoms with van der Waals surface area (Å²) in [5.41, 5.74) is 2.77. The molecule has 1 heterocycles. The lowest BCUT2D eigenvalue weighted by Gasteiger charge is -2.26. The summed E-state index contributed by atoms with van der Waals surface area (Å²) < 4.78 is 10.6. The highest BCUT2D eigenvalue weighted by atomic mass is 16.5. The van der Waals surface area contributed by atoms with Gasteiger partial charge in [-0.05, 0) is 35.7 Å². The second-order valence-electron chi connectivity index (χ2n) is 7.29. The Kier molecular flexibility index (Phi) is 5.53. The number of rotatable bonds is 6. The lowest BCUT2D eigenvalue weighted by atomic mass is 9.84. The molecule has 4 rings (SSSR count). The van der Waals surface area contributed by atoms with Crippen LogP contribution in [0, 0.1) is 0 Å². The summed E-state index contributed by atoms with van der Waals surface area (Å²) in [4.78, 5) is 25.3. The van der Waals surface area contributed by atoms with Crippen LogP contribution < -0.4 is 9.47 Å². The average molecular weight is 402 g/mol.